The Hall–Kier alpha value is 0.330. The van der Waals surface area contributed by atoms with E-state index in [1.165, 1.54) is 0 Å². The van der Waals surface area contributed by atoms with Crippen molar-refractivity contribution in [2.45, 2.75) is 6.42 Å². The second-order valence-corrected chi connectivity index (χ2v) is 1.62. The number of hydrogen-bond acceptors (Lipinski definition) is 2. The number of nitrogens with one attached hydrogen (secondary N) is 1. The van der Waals surface area contributed by atoms with Crippen molar-refractivity contribution in [3.05, 3.63) is 18.2 Å². The van der Waals surface area contributed by atoms with Gasteiger partial charge in [-0.05, 0) is 6.54 Å². The van der Waals surface area contributed by atoms with Crippen LogP contribution in [0.25, 0.3) is 0 Å². The number of rotatable bonds is 2. The fourth-order valence-electron chi connectivity index (χ4n) is 0.577. The summed E-state index contributed by atoms with van der Waals surface area (Å²) in [5.41, 5.74) is 6.38. The van der Waals surface area contributed by atoms with Gasteiger partial charge in [-0.1, -0.05) is 0 Å². The summed E-state index contributed by atoms with van der Waals surface area (Å²) in [5.74, 6) is 0. The number of halogens is 4. The normalized spacial score (nSPS) is 6.42. The average Bonchev–Trinajstić information content (AvgIpc) is 2.19. The number of imidazole rings is 1. The lowest BCUT2D eigenvalue weighted by atomic mass is 10.3. The van der Waals surface area contributed by atoms with Crippen LogP contribution >= 0.6 is 49.6 Å². The van der Waals surface area contributed by atoms with Crippen LogP contribution in [0.4, 0.5) is 0 Å². The van der Waals surface area contributed by atoms with Crippen molar-refractivity contribution in [1.29, 1.82) is 0 Å². The molecule has 0 aromatic carbocycles. The lowest BCUT2D eigenvalue weighted by molar-refractivity contribution is 0.935. The van der Waals surface area contributed by atoms with Gasteiger partial charge in [-0.3, -0.25) is 0 Å². The van der Waals surface area contributed by atoms with Crippen LogP contribution in [0.1, 0.15) is 5.69 Å². The Balaban J connectivity index is -0.0000000800. The standard InChI is InChI=1S/C5H9N3.4ClH/c6-2-1-5-3-7-4-8-5;;;;/h3-4H,1-2,6H2,(H,7,8);4*1H. The van der Waals surface area contributed by atoms with Crippen LogP contribution in [0.15, 0.2) is 12.5 Å². The van der Waals surface area contributed by atoms with E-state index in [2.05, 4.69) is 9.97 Å². The third kappa shape index (κ3) is 8.43. The van der Waals surface area contributed by atoms with Crippen LogP contribution < -0.4 is 5.73 Å². The highest BCUT2D eigenvalue weighted by Gasteiger charge is 1.86. The van der Waals surface area contributed by atoms with Gasteiger partial charge in [0.25, 0.3) is 0 Å². The second-order valence-electron chi connectivity index (χ2n) is 1.62. The predicted octanol–water partition coefficient (Wildman–Crippen LogP) is 1.60. The minimum absolute atomic E-state index is 0. The Morgan fingerprint density at radius 1 is 1.25 bits per heavy atom. The molecule has 1 heterocycles. The summed E-state index contributed by atoms with van der Waals surface area (Å²) in [5, 5.41) is 0. The summed E-state index contributed by atoms with van der Waals surface area (Å²) in [6, 6.07) is 0. The van der Waals surface area contributed by atoms with Gasteiger partial charge in [-0.25, -0.2) is 4.98 Å². The minimum atomic E-state index is 0. The van der Waals surface area contributed by atoms with E-state index in [0.29, 0.717) is 6.54 Å². The van der Waals surface area contributed by atoms with E-state index in [1.807, 2.05) is 0 Å². The number of aromatic amines is 1. The molecule has 76 valence electrons. The van der Waals surface area contributed by atoms with Crippen molar-refractivity contribution in [1.82, 2.24) is 9.97 Å². The molecule has 7 heteroatoms. The van der Waals surface area contributed by atoms with Crippen molar-refractivity contribution in [2.24, 2.45) is 5.73 Å². The largest absolute Gasteiger partial charge is 0.348 e. The molecule has 12 heavy (non-hydrogen) atoms. The Morgan fingerprint density at radius 3 is 2.17 bits per heavy atom. The summed E-state index contributed by atoms with van der Waals surface area (Å²) in [4.78, 5) is 6.78. The quantitative estimate of drug-likeness (QED) is 0.845. The third-order valence-corrected chi connectivity index (χ3v) is 0.969. The third-order valence-electron chi connectivity index (χ3n) is 0.969. The smallest absolute Gasteiger partial charge is 0.0921 e. The molecule has 1 rings (SSSR count). The van der Waals surface area contributed by atoms with E-state index in [9.17, 15) is 0 Å². The van der Waals surface area contributed by atoms with E-state index in [-0.39, 0.29) is 49.6 Å². The Labute approximate surface area is 96.5 Å². The first kappa shape index (κ1) is 22.8. The molecule has 0 spiro atoms. The minimum Gasteiger partial charge on any atom is -0.348 e. The summed E-state index contributed by atoms with van der Waals surface area (Å²) in [7, 11) is 0. The van der Waals surface area contributed by atoms with E-state index >= 15 is 0 Å². The van der Waals surface area contributed by atoms with Gasteiger partial charge in [0.1, 0.15) is 0 Å². The molecule has 0 atom stereocenters. The zero-order valence-electron chi connectivity index (χ0n) is 6.23. The van der Waals surface area contributed by atoms with Gasteiger partial charge < -0.3 is 10.7 Å². The highest BCUT2D eigenvalue weighted by atomic mass is 35.5. The molecule has 0 aliphatic heterocycles. The van der Waals surface area contributed by atoms with Crippen LogP contribution in [0.2, 0.25) is 0 Å². The molecular weight excluding hydrogens is 244 g/mol. The lowest BCUT2D eigenvalue weighted by Gasteiger charge is -1.86. The molecule has 0 aliphatic carbocycles. The molecule has 1 aromatic heterocycles. The van der Waals surface area contributed by atoms with Gasteiger partial charge >= 0.3 is 0 Å². The predicted molar refractivity (Wildman–Crippen MR) is 60.3 cm³/mol. The average molecular weight is 257 g/mol. The molecule has 1 aromatic rings. The fraction of sp³-hybridized carbons (Fsp3) is 0.400. The highest BCUT2D eigenvalue weighted by Crippen LogP contribution is 1.88. The summed E-state index contributed by atoms with van der Waals surface area (Å²) in [6.07, 6.45) is 4.33. The molecule has 0 saturated heterocycles. The van der Waals surface area contributed by atoms with E-state index < -0.39 is 0 Å². The fourth-order valence-corrected chi connectivity index (χ4v) is 0.577. The van der Waals surface area contributed by atoms with Crippen LogP contribution in [0.5, 0.6) is 0 Å². The van der Waals surface area contributed by atoms with Crippen molar-refractivity contribution >= 4 is 49.6 Å². The lowest BCUT2D eigenvalue weighted by Crippen LogP contribution is -2.02. The first-order valence-corrected chi connectivity index (χ1v) is 2.61. The molecule has 3 nitrogen and oxygen atoms in total. The van der Waals surface area contributed by atoms with Gasteiger partial charge in [0.2, 0.25) is 0 Å². The highest BCUT2D eigenvalue weighted by molar-refractivity contribution is 5.86. The van der Waals surface area contributed by atoms with Crippen LogP contribution in [0, 0.1) is 0 Å². The number of H-pyrrole nitrogens is 1. The Morgan fingerprint density at radius 2 is 1.83 bits per heavy atom. The van der Waals surface area contributed by atoms with Crippen LogP contribution in [0.3, 0.4) is 0 Å². The molecular formula is C5H13Cl4N3. The molecule has 0 saturated carbocycles. The number of aromatic nitrogens is 2. The van der Waals surface area contributed by atoms with E-state index in [1.54, 1.807) is 12.5 Å². The Bertz CT molecular complexity index is 144. The van der Waals surface area contributed by atoms with Crippen LogP contribution in [-0.2, 0) is 6.42 Å². The molecule has 0 unspecified atom stereocenters. The van der Waals surface area contributed by atoms with E-state index in [4.69, 9.17) is 5.73 Å². The summed E-state index contributed by atoms with van der Waals surface area (Å²) in [6.45, 7) is 0.683. The summed E-state index contributed by atoms with van der Waals surface area (Å²) < 4.78 is 0. The van der Waals surface area contributed by atoms with Gasteiger partial charge in [-0.2, -0.15) is 0 Å². The SMILES string of the molecule is Cl.Cl.Cl.Cl.NCCc1cnc[nH]1. The number of nitrogens with two attached hydrogens (primary N) is 1. The van der Waals surface area contributed by atoms with Gasteiger partial charge in [0.15, 0.2) is 0 Å². The maximum Gasteiger partial charge on any atom is 0.0921 e. The van der Waals surface area contributed by atoms with E-state index in [0.717, 1.165) is 12.1 Å². The first-order valence-electron chi connectivity index (χ1n) is 2.61. The molecule has 0 bridgehead atoms. The number of nitrogens with zero attached hydrogens (tertiary/aromatic N) is 1. The molecule has 0 amide bonds. The van der Waals surface area contributed by atoms with Crippen molar-refractivity contribution in [3.63, 3.8) is 0 Å². The van der Waals surface area contributed by atoms with Crippen LogP contribution in [-0.4, -0.2) is 16.5 Å². The summed E-state index contributed by atoms with van der Waals surface area (Å²) >= 11 is 0. The number of hydrogen-bond donors (Lipinski definition) is 2. The van der Waals surface area contributed by atoms with Gasteiger partial charge in [0, 0.05) is 18.3 Å². The topological polar surface area (TPSA) is 54.7 Å². The van der Waals surface area contributed by atoms with Crippen molar-refractivity contribution in [2.75, 3.05) is 6.54 Å². The first-order chi connectivity index (χ1) is 3.93. The second kappa shape index (κ2) is 13.9. The van der Waals surface area contributed by atoms with Crippen molar-refractivity contribution < 1.29 is 0 Å². The zero-order valence-corrected chi connectivity index (χ0v) is 9.49. The zero-order chi connectivity index (χ0) is 5.82. The van der Waals surface area contributed by atoms with Gasteiger partial charge in [-0.15, -0.1) is 49.6 Å². The van der Waals surface area contributed by atoms with Crippen molar-refractivity contribution in [3.8, 4) is 0 Å². The monoisotopic (exact) mass is 255 g/mol. The molecule has 3 N–H and O–H groups in total. The molecule has 0 radical (unpaired) electrons. The van der Waals surface area contributed by atoms with Gasteiger partial charge in [0.05, 0.1) is 6.33 Å². The molecule has 0 aliphatic rings. The maximum absolute atomic E-state index is 5.27. The maximum atomic E-state index is 5.27. The Kier molecular flexibility index (Phi) is 26.4. The molecule has 0 fully saturated rings.